The molecule has 1 fully saturated rings. The Morgan fingerprint density at radius 2 is 1.97 bits per heavy atom. The molecule has 0 atom stereocenters. The summed E-state index contributed by atoms with van der Waals surface area (Å²) in [5, 5.41) is -0.290. The van der Waals surface area contributed by atoms with Gasteiger partial charge in [0.25, 0.3) is 11.1 Å². The van der Waals surface area contributed by atoms with E-state index in [4.69, 9.17) is 14.2 Å². The van der Waals surface area contributed by atoms with Crippen LogP contribution in [-0.2, 0) is 16.1 Å². The predicted octanol–water partition coefficient (Wildman–Crippen LogP) is 5.48. The fraction of sp³-hybridized carbons (Fsp3) is 0.304. The predicted molar refractivity (Wildman–Crippen MR) is 130 cm³/mol. The second-order valence-corrected chi connectivity index (χ2v) is 8.98. The van der Waals surface area contributed by atoms with Crippen molar-refractivity contribution < 1.29 is 28.2 Å². The van der Waals surface area contributed by atoms with Crippen molar-refractivity contribution in [2.45, 2.75) is 20.0 Å². The normalized spacial score (nSPS) is 15.0. The van der Waals surface area contributed by atoms with Crippen molar-refractivity contribution in [3.05, 3.63) is 61.8 Å². The molecule has 170 valence electrons. The van der Waals surface area contributed by atoms with Crippen molar-refractivity contribution in [2.24, 2.45) is 0 Å². The van der Waals surface area contributed by atoms with Gasteiger partial charge in [0.15, 0.2) is 11.5 Å². The number of thioether (sulfide) groups is 1. The van der Waals surface area contributed by atoms with Gasteiger partial charge in [-0.05, 0) is 77.5 Å². The molecule has 1 aliphatic heterocycles. The van der Waals surface area contributed by atoms with E-state index >= 15 is 0 Å². The van der Waals surface area contributed by atoms with Crippen molar-refractivity contribution in [3.8, 4) is 11.5 Å². The van der Waals surface area contributed by atoms with Crippen LogP contribution >= 0.6 is 34.4 Å². The molecule has 0 unspecified atom stereocenters. The SMILES string of the molecule is CCOc1cc(/C=C2/SC(=O)N(CCCOC)C2=O)cc(I)c1OCc1ccccc1F. The minimum absolute atomic E-state index is 0.0580. The van der Waals surface area contributed by atoms with Crippen LogP contribution in [0.2, 0.25) is 0 Å². The molecule has 1 heterocycles. The van der Waals surface area contributed by atoms with Crippen LogP contribution in [0.3, 0.4) is 0 Å². The number of benzene rings is 2. The number of amides is 2. The summed E-state index contributed by atoms with van der Waals surface area (Å²) in [5.74, 6) is 0.337. The maximum absolute atomic E-state index is 13.9. The number of methoxy groups -OCH3 is 1. The zero-order chi connectivity index (χ0) is 23.1. The molecule has 32 heavy (non-hydrogen) atoms. The number of hydrogen-bond acceptors (Lipinski definition) is 6. The number of rotatable bonds is 10. The van der Waals surface area contributed by atoms with Crippen LogP contribution in [0.25, 0.3) is 6.08 Å². The first kappa shape index (κ1) is 24.5. The van der Waals surface area contributed by atoms with E-state index in [9.17, 15) is 14.0 Å². The van der Waals surface area contributed by atoms with Crippen molar-refractivity contribution in [1.82, 2.24) is 4.90 Å². The number of nitrogens with zero attached hydrogens (tertiary/aromatic N) is 1. The largest absolute Gasteiger partial charge is 0.490 e. The van der Waals surface area contributed by atoms with Crippen LogP contribution in [0.4, 0.5) is 9.18 Å². The molecule has 0 aromatic heterocycles. The molecule has 0 spiro atoms. The lowest BCUT2D eigenvalue weighted by Crippen LogP contribution is -2.29. The molecule has 0 saturated carbocycles. The maximum Gasteiger partial charge on any atom is 0.293 e. The van der Waals surface area contributed by atoms with Gasteiger partial charge < -0.3 is 14.2 Å². The van der Waals surface area contributed by atoms with Gasteiger partial charge in [0, 0.05) is 25.8 Å². The molecule has 2 aromatic carbocycles. The van der Waals surface area contributed by atoms with E-state index in [1.807, 2.05) is 13.0 Å². The average Bonchev–Trinajstić information content (AvgIpc) is 3.02. The van der Waals surface area contributed by atoms with E-state index in [2.05, 4.69) is 22.6 Å². The van der Waals surface area contributed by atoms with Crippen LogP contribution in [0.5, 0.6) is 11.5 Å². The molecule has 2 aromatic rings. The Morgan fingerprint density at radius 3 is 2.69 bits per heavy atom. The lowest BCUT2D eigenvalue weighted by atomic mass is 10.1. The molecule has 0 bridgehead atoms. The standard InChI is InChI=1S/C23H23FINO5S/c1-3-30-19-12-15(13-20-22(27)26(23(28)32-20)9-6-10-29-2)11-18(25)21(19)31-14-16-7-4-5-8-17(16)24/h4-5,7-8,11-13H,3,6,9-10,14H2,1-2H3/b20-13+. The summed E-state index contributed by atoms with van der Waals surface area (Å²) in [4.78, 5) is 26.5. The summed E-state index contributed by atoms with van der Waals surface area (Å²) >= 11 is 3.03. The Bertz CT molecular complexity index is 1030. The number of carbonyl (C=O) groups excluding carboxylic acids is 2. The molecule has 1 aliphatic rings. The first-order valence-corrected chi connectivity index (χ1v) is 11.9. The second-order valence-electron chi connectivity index (χ2n) is 6.82. The molecular formula is C23H23FINO5S. The third-order valence-electron chi connectivity index (χ3n) is 4.56. The van der Waals surface area contributed by atoms with Gasteiger partial charge in [-0.15, -0.1) is 0 Å². The molecule has 0 N–H and O–H groups in total. The van der Waals surface area contributed by atoms with E-state index in [1.165, 1.54) is 11.0 Å². The van der Waals surface area contributed by atoms with E-state index in [0.29, 0.717) is 53.7 Å². The van der Waals surface area contributed by atoms with E-state index in [-0.39, 0.29) is 23.6 Å². The zero-order valence-corrected chi connectivity index (χ0v) is 20.7. The summed E-state index contributed by atoms with van der Waals surface area (Å²) in [6, 6.07) is 10.0. The van der Waals surface area contributed by atoms with Gasteiger partial charge in [-0.1, -0.05) is 18.2 Å². The maximum atomic E-state index is 13.9. The Hall–Kier alpha value is -2.11. The fourth-order valence-electron chi connectivity index (χ4n) is 3.05. The first-order chi connectivity index (χ1) is 15.4. The highest BCUT2D eigenvalue weighted by Gasteiger charge is 2.34. The zero-order valence-electron chi connectivity index (χ0n) is 17.7. The van der Waals surface area contributed by atoms with Crippen molar-refractivity contribution >= 4 is 51.6 Å². The first-order valence-electron chi connectivity index (χ1n) is 10.0. The van der Waals surface area contributed by atoms with E-state index in [0.717, 1.165) is 15.3 Å². The lowest BCUT2D eigenvalue weighted by Gasteiger charge is -2.15. The summed E-state index contributed by atoms with van der Waals surface area (Å²) in [6.45, 7) is 3.12. The summed E-state index contributed by atoms with van der Waals surface area (Å²) in [7, 11) is 1.58. The molecule has 3 rings (SSSR count). The topological polar surface area (TPSA) is 65.1 Å². The average molecular weight is 571 g/mol. The lowest BCUT2D eigenvalue weighted by molar-refractivity contribution is -0.122. The fourth-order valence-corrected chi connectivity index (χ4v) is 4.70. The molecule has 0 radical (unpaired) electrons. The third kappa shape index (κ3) is 6.02. The molecular weight excluding hydrogens is 548 g/mol. The van der Waals surface area contributed by atoms with E-state index in [1.54, 1.807) is 37.5 Å². The summed E-state index contributed by atoms with van der Waals surface area (Å²) in [6.07, 6.45) is 2.26. The number of ether oxygens (including phenoxy) is 3. The Balaban J connectivity index is 1.81. The van der Waals surface area contributed by atoms with Crippen LogP contribution < -0.4 is 9.47 Å². The third-order valence-corrected chi connectivity index (χ3v) is 6.27. The van der Waals surface area contributed by atoms with Crippen LogP contribution in [0.1, 0.15) is 24.5 Å². The molecule has 9 heteroatoms. The number of carbonyl (C=O) groups is 2. The molecule has 6 nitrogen and oxygen atoms in total. The molecule has 0 aliphatic carbocycles. The van der Waals surface area contributed by atoms with Gasteiger partial charge in [0.1, 0.15) is 12.4 Å². The smallest absolute Gasteiger partial charge is 0.293 e. The highest BCUT2D eigenvalue weighted by molar-refractivity contribution is 14.1. The van der Waals surface area contributed by atoms with Crippen molar-refractivity contribution in [3.63, 3.8) is 0 Å². The number of halogens is 2. The molecule has 2 amide bonds. The van der Waals surface area contributed by atoms with Gasteiger partial charge in [-0.25, -0.2) is 4.39 Å². The van der Waals surface area contributed by atoms with E-state index < -0.39 is 0 Å². The van der Waals surface area contributed by atoms with Gasteiger partial charge in [-0.2, -0.15) is 0 Å². The number of hydrogen-bond donors (Lipinski definition) is 0. The van der Waals surface area contributed by atoms with Crippen molar-refractivity contribution in [1.29, 1.82) is 0 Å². The van der Waals surface area contributed by atoms with Gasteiger partial charge in [0.2, 0.25) is 0 Å². The Morgan fingerprint density at radius 1 is 1.19 bits per heavy atom. The second kappa shape index (κ2) is 11.7. The Labute approximate surface area is 204 Å². The highest BCUT2D eigenvalue weighted by atomic mass is 127. The minimum atomic E-state index is -0.335. The quantitative estimate of drug-likeness (QED) is 0.214. The summed E-state index contributed by atoms with van der Waals surface area (Å²) in [5.41, 5.74) is 1.15. The summed E-state index contributed by atoms with van der Waals surface area (Å²) < 4.78 is 31.3. The van der Waals surface area contributed by atoms with Crippen LogP contribution in [-0.4, -0.2) is 42.9 Å². The van der Waals surface area contributed by atoms with Gasteiger partial charge in [-0.3, -0.25) is 14.5 Å². The van der Waals surface area contributed by atoms with Crippen LogP contribution in [0.15, 0.2) is 41.3 Å². The number of imide groups is 1. The van der Waals surface area contributed by atoms with Gasteiger partial charge in [0.05, 0.1) is 15.1 Å². The van der Waals surface area contributed by atoms with Crippen LogP contribution in [0, 0.1) is 9.39 Å². The van der Waals surface area contributed by atoms with Crippen molar-refractivity contribution in [2.75, 3.05) is 26.9 Å². The molecule has 1 saturated heterocycles. The highest BCUT2D eigenvalue weighted by Crippen LogP contribution is 2.38. The minimum Gasteiger partial charge on any atom is -0.490 e. The Kier molecular flexibility index (Phi) is 8.94. The monoisotopic (exact) mass is 571 g/mol. The van der Waals surface area contributed by atoms with Gasteiger partial charge >= 0.3 is 0 Å².